The normalized spacial score (nSPS) is 9.50. The number of carboxylic acid groups (broad SMARTS) is 1. The lowest BCUT2D eigenvalue weighted by molar-refractivity contribution is 0.0695. The summed E-state index contributed by atoms with van der Waals surface area (Å²) in [7, 11) is 0. The molecule has 5 heteroatoms. The predicted molar refractivity (Wildman–Crippen MR) is 42.6 cm³/mol. The monoisotopic (exact) mass is 197 g/mol. The molecule has 72 valence electrons. The SMILES string of the molecule is N#CCc1c(F)cc(C(=O)O)cc1F. The molecule has 1 N–H and O–H groups in total. The topological polar surface area (TPSA) is 61.1 Å². The molecule has 1 rings (SSSR count). The molecule has 0 aliphatic carbocycles. The third kappa shape index (κ3) is 1.85. The summed E-state index contributed by atoms with van der Waals surface area (Å²) in [5, 5.41) is 16.7. The van der Waals surface area contributed by atoms with Crippen LogP contribution < -0.4 is 0 Å². The van der Waals surface area contributed by atoms with Crippen molar-refractivity contribution in [1.29, 1.82) is 5.26 Å². The molecule has 0 aromatic heterocycles. The van der Waals surface area contributed by atoms with Crippen LogP contribution in [-0.4, -0.2) is 11.1 Å². The van der Waals surface area contributed by atoms with Crippen LogP contribution in [0.3, 0.4) is 0 Å². The van der Waals surface area contributed by atoms with E-state index in [1.165, 1.54) is 0 Å². The van der Waals surface area contributed by atoms with E-state index in [2.05, 4.69) is 0 Å². The highest BCUT2D eigenvalue weighted by molar-refractivity contribution is 5.87. The van der Waals surface area contributed by atoms with E-state index in [9.17, 15) is 13.6 Å². The van der Waals surface area contributed by atoms with E-state index in [1.807, 2.05) is 0 Å². The van der Waals surface area contributed by atoms with Crippen LogP contribution in [0.1, 0.15) is 15.9 Å². The Morgan fingerprint density at radius 1 is 1.43 bits per heavy atom. The standard InChI is InChI=1S/C9H5F2NO2/c10-7-3-5(9(13)14)4-8(11)6(7)1-2-12/h3-4H,1H2,(H,13,14). The number of rotatable bonds is 2. The summed E-state index contributed by atoms with van der Waals surface area (Å²) in [6.07, 6.45) is -0.419. The molecule has 0 aliphatic rings. The average Bonchev–Trinajstić information content (AvgIpc) is 2.10. The minimum atomic E-state index is -1.41. The average molecular weight is 197 g/mol. The van der Waals surface area contributed by atoms with Crippen molar-refractivity contribution in [3.63, 3.8) is 0 Å². The number of nitrogens with zero attached hydrogens (tertiary/aromatic N) is 1. The van der Waals surface area contributed by atoms with Gasteiger partial charge in [0.1, 0.15) is 11.6 Å². The number of hydrogen-bond donors (Lipinski definition) is 1. The third-order valence-corrected chi connectivity index (χ3v) is 1.64. The maximum atomic E-state index is 13.0. The van der Waals surface area contributed by atoms with Crippen LogP contribution in [0.25, 0.3) is 0 Å². The highest BCUT2D eigenvalue weighted by atomic mass is 19.1. The zero-order valence-electron chi connectivity index (χ0n) is 6.92. The van der Waals surface area contributed by atoms with Gasteiger partial charge in [0.15, 0.2) is 0 Å². The van der Waals surface area contributed by atoms with E-state index in [-0.39, 0.29) is 0 Å². The Morgan fingerprint density at radius 3 is 2.29 bits per heavy atom. The number of carboxylic acids is 1. The van der Waals surface area contributed by atoms with Gasteiger partial charge in [-0.15, -0.1) is 0 Å². The predicted octanol–water partition coefficient (Wildman–Crippen LogP) is 1.73. The first-order valence-corrected chi connectivity index (χ1v) is 3.64. The Balaban J connectivity index is 3.26. The van der Waals surface area contributed by atoms with E-state index in [1.54, 1.807) is 6.07 Å². The lowest BCUT2D eigenvalue weighted by Gasteiger charge is -2.01. The summed E-state index contributed by atoms with van der Waals surface area (Å²) in [5.74, 6) is -3.43. The van der Waals surface area contributed by atoms with Gasteiger partial charge in [0.25, 0.3) is 0 Å². The number of halogens is 2. The first-order chi connectivity index (χ1) is 6.56. The lowest BCUT2D eigenvalue weighted by Crippen LogP contribution is -2.02. The van der Waals surface area contributed by atoms with E-state index in [4.69, 9.17) is 10.4 Å². The van der Waals surface area contributed by atoms with Crippen LogP contribution in [0.2, 0.25) is 0 Å². The minimum Gasteiger partial charge on any atom is -0.478 e. The molecule has 1 aromatic carbocycles. The largest absolute Gasteiger partial charge is 0.478 e. The smallest absolute Gasteiger partial charge is 0.335 e. The summed E-state index contributed by atoms with van der Waals surface area (Å²) >= 11 is 0. The molecule has 0 unspecified atom stereocenters. The van der Waals surface area contributed by atoms with E-state index in [0.29, 0.717) is 12.1 Å². The third-order valence-electron chi connectivity index (χ3n) is 1.64. The minimum absolute atomic E-state index is 0.405. The van der Waals surface area contributed by atoms with Crippen LogP contribution in [-0.2, 0) is 6.42 Å². The van der Waals surface area contributed by atoms with Gasteiger partial charge in [-0.3, -0.25) is 0 Å². The van der Waals surface area contributed by atoms with Crippen molar-refractivity contribution in [2.24, 2.45) is 0 Å². The van der Waals surface area contributed by atoms with Crippen LogP contribution in [0.15, 0.2) is 12.1 Å². The van der Waals surface area contributed by atoms with E-state index in [0.717, 1.165) is 0 Å². The number of hydrogen-bond acceptors (Lipinski definition) is 2. The highest BCUT2D eigenvalue weighted by Crippen LogP contribution is 2.15. The van der Waals surface area contributed by atoms with Gasteiger partial charge in [0.05, 0.1) is 18.1 Å². The molecular weight excluding hydrogens is 192 g/mol. The zero-order valence-corrected chi connectivity index (χ0v) is 6.92. The van der Waals surface area contributed by atoms with Gasteiger partial charge in [-0.25, -0.2) is 13.6 Å². The first kappa shape index (κ1) is 10.1. The Bertz CT molecular complexity index is 400. The van der Waals surface area contributed by atoms with E-state index < -0.39 is 35.2 Å². The Kier molecular flexibility index (Phi) is 2.77. The summed E-state index contributed by atoms with van der Waals surface area (Å²) < 4.78 is 26.0. The maximum absolute atomic E-state index is 13.0. The van der Waals surface area contributed by atoms with Gasteiger partial charge in [-0.1, -0.05) is 0 Å². The molecule has 0 heterocycles. The molecule has 14 heavy (non-hydrogen) atoms. The van der Waals surface area contributed by atoms with Gasteiger partial charge in [-0.05, 0) is 12.1 Å². The molecular formula is C9H5F2NO2. The molecule has 0 aliphatic heterocycles. The highest BCUT2D eigenvalue weighted by Gasteiger charge is 2.13. The molecule has 0 radical (unpaired) electrons. The van der Waals surface area contributed by atoms with Crippen molar-refractivity contribution >= 4 is 5.97 Å². The molecule has 3 nitrogen and oxygen atoms in total. The van der Waals surface area contributed by atoms with Crippen LogP contribution >= 0.6 is 0 Å². The first-order valence-electron chi connectivity index (χ1n) is 3.64. The fourth-order valence-electron chi connectivity index (χ4n) is 0.974. The fraction of sp³-hybridized carbons (Fsp3) is 0.111. The summed E-state index contributed by atoms with van der Waals surface area (Å²) in [5.41, 5.74) is -0.876. The molecule has 0 fully saturated rings. The Labute approximate surface area is 78.2 Å². The van der Waals surface area contributed by atoms with Crippen LogP contribution in [0.5, 0.6) is 0 Å². The molecule has 0 amide bonds. The van der Waals surface area contributed by atoms with Crippen molar-refractivity contribution in [1.82, 2.24) is 0 Å². The molecule has 0 saturated heterocycles. The summed E-state index contributed by atoms with van der Waals surface area (Å²) in [4.78, 5) is 10.4. The van der Waals surface area contributed by atoms with Crippen molar-refractivity contribution in [3.8, 4) is 6.07 Å². The maximum Gasteiger partial charge on any atom is 0.335 e. The Morgan fingerprint density at radius 2 is 1.93 bits per heavy atom. The molecule has 0 atom stereocenters. The van der Waals surface area contributed by atoms with Crippen molar-refractivity contribution < 1.29 is 18.7 Å². The van der Waals surface area contributed by atoms with Gasteiger partial charge in [0, 0.05) is 5.56 Å². The second kappa shape index (κ2) is 3.83. The number of carbonyl (C=O) groups is 1. The molecule has 1 aromatic rings. The van der Waals surface area contributed by atoms with Crippen molar-refractivity contribution in [3.05, 3.63) is 34.9 Å². The van der Waals surface area contributed by atoms with Gasteiger partial charge in [0.2, 0.25) is 0 Å². The zero-order chi connectivity index (χ0) is 10.7. The van der Waals surface area contributed by atoms with Gasteiger partial charge >= 0.3 is 5.97 Å². The number of aromatic carboxylic acids is 1. The van der Waals surface area contributed by atoms with Crippen LogP contribution in [0, 0.1) is 23.0 Å². The molecule has 0 saturated carbocycles. The number of benzene rings is 1. The second-order valence-electron chi connectivity index (χ2n) is 2.56. The fourth-order valence-corrected chi connectivity index (χ4v) is 0.974. The van der Waals surface area contributed by atoms with Crippen LogP contribution in [0.4, 0.5) is 8.78 Å². The molecule has 0 bridgehead atoms. The van der Waals surface area contributed by atoms with Crippen molar-refractivity contribution in [2.75, 3.05) is 0 Å². The summed E-state index contributed by atoms with van der Waals surface area (Å²) in [6, 6.07) is 2.97. The number of nitriles is 1. The summed E-state index contributed by atoms with van der Waals surface area (Å²) in [6.45, 7) is 0. The van der Waals surface area contributed by atoms with E-state index >= 15 is 0 Å². The quantitative estimate of drug-likeness (QED) is 0.785. The Hall–Kier alpha value is -1.96. The second-order valence-corrected chi connectivity index (χ2v) is 2.56. The van der Waals surface area contributed by atoms with Gasteiger partial charge in [-0.2, -0.15) is 5.26 Å². The van der Waals surface area contributed by atoms with Crippen molar-refractivity contribution in [2.45, 2.75) is 6.42 Å². The molecule has 0 spiro atoms. The van der Waals surface area contributed by atoms with Gasteiger partial charge < -0.3 is 5.11 Å². The lowest BCUT2D eigenvalue weighted by atomic mass is 10.1.